The van der Waals surface area contributed by atoms with Gasteiger partial charge in [-0.1, -0.05) is 43.5 Å². The van der Waals surface area contributed by atoms with Crippen LogP contribution in [0.2, 0.25) is 0 Å². The standard InChI is InChI=1S/C13H14N2O2.C13H28N2S/c1-8(2)15-11-6-4-3-5-9(11)7-10(12(14)16)13(15)17;1-5-13-9-6-8-12(2)15(13)11-7-10-14(3)16-4/h3-8H,1-2H3,(H2,14,16);12-13H,5-11H2,1-4H3. The van der Waals surface area contributed by atoms with Crippen molar-refractivity contribution in [2.45, 2.75) is 77.9 Å². The fourth-order valence-corrected chi connectivity index (χ4v) is 5.04. The number of nitrogens with two attached hydrogens (primary N) is 1. The Morgan fingerprint density at radius 3 is 2.58 bits per heavy atom. The number of para-hydroxylation sites is 1. The van der Waals surface area contributed by atoms with Crippen LogP contribution in [-0.2, 0) is 0 Å². The summed E-state index contributed by atoms with van der Waals surface area (Å²) in [5.74, 6) is -0.685. The number of piperidine rings is 1. The van der Waals surface area contributed by atoms with E-state index in [1.54, 1.807) is 10.6 Å². The Labute approximate surface area is 203 Å². The number of hydrogen-bond acceptors (Lipinski definition) is 5. The minimum atomic E-state index is -0.685. The molecule has 0 aliphatic carbocycles. The normalized spacial score (nSPS) is 19.0. The van der Waals surface area contributed by atoms with Crippen molar-refractivity contribution in [2.75, 3.05) is 26.4 Å². The van der Waals surface area contributed by atoms with Crippen LogP contribution in [-0.4, -0.2) is 58.2 Å². The lowest BCUT2D eigenvalue weighted by molar-refractivity contribution is 0.0877. The van der Waals surface area contributed by atoms with E-state index in [2.05, 4.69) is 36.4 Å². The summed E-state index contributed by atoms with van der Waals surface area (Å²) < 4.78 is 3.92. The monoisotopic (exact) mass is 474 g/mol. The molecule has 1 amide bonds. The molecule has 0 saturated carbocycles. The van der Waals surface area contributed by atoms with Gasteiger partial charge in [0.15, 0.2) is 0 Å². The third kappa shape index (κ3) is 7.33. The van der Waals surface area contributed by atoms with E-state index in [0.29, 0.717) is 0 Å². The fourth-order valence-electron chi connectivity index (χ4n) is 4.72. The van der Waals surface area contributed by atoms with Crippen LogP contribution in [0.15, 0.2) is 35.1 Å². The molecule has 0 spiro atoms. The van der Waals surface area contributed by atoms with Gasteiger partial charge in [0.25, 0.3) is 11.5 Å². The number of aromatic nitrogens is 1. The third-order valence-electron chi connectivity index (χ3n) is 6.59. The van der Waals surface area contributed by atoms with Crippen molar-refractivity contribution in [1.29, 1.82) is 0 Å². The fraction of sp³-hybridized carbons (Fsp3) is 0.615. The van der Waals surface area contributed by atoms with Gasteiger partial charge in [-0.05, 0) is 83.8 Å². The van der Waals surface area contributed by atoms with Crippen LogP contribution < -0.4 is 11.3 Å². The van der Waals surface area contributed by atoms with Crippen molar-refractivity contribution >= 4 is 28.8 Å². The highest BCUT2D eigenvalue weighted by Crippen LogP contribution is 2.25. The minimum Gasteiger partial charge on any atom is -0.365 e. The van der Waals surface area contributed by atoms with Crippen molar-refractivity contribution in [3.8, 4) is 0 Å². The molecule has 2 heterocycles. The molecule has 184 valence electrons. The number of hydrogen-bond donors (Lipinski definition) is 1. The molecular formula is C26H42N4O2S. The zero-order valence-electron chi connectivity index (χ0n) is 21.2. The molecule has 1 aromatic heterocycles. The van der Waals surface area contributed by atoms with Crippen LogP contribution in [0.1, 0.15) is 76.2 Å². The highest BCUT2D eigenvalue weighted by molar-refractivity contribution is 7.96. The number of primary amides is 1. The number of pyridine rings is 1. The van der Waals surface area contributed by atoms with Gasteiger partial charge < -0.3 is 10.3 Å². The molecule has 1 aromatic carbocycles. The molecule has 33 heavy (non-hydrogen) atoms. The number of carbonyl (C=O) groups is 1. The molecule has 2 aromatic rings. The number of nitrogens with zero attached hydrogens (tertiary/aromatic N) is 3. The number of fused-ring (bicyclic) bond motifs is 1. The first kappa shape index (κ1) is 27.4. The summed E-state index contributed by atoms with van der Waals surface area (Å²) in [4.78, 5) is 26.1. The zero-order valence-corrected chi connectivity index (χ0v) is 22.0. The number of rotatable bonds is 8. The molecule has 1 aliphatic rings. The van der Waals surface area contributed by atoms with Crippen LogP contribution >= 0.6 is 11.9 Å². The first-order valence-electron chi connectivity index (χ1n) is 12.2. The third-order valence-corrected chi connectivity index (χ3v) is 7.40. The SMILES string of the molecule is CC(C)n1c(=O)c(C(N)=O)cc2ccccc21.CCC1CCCC(C)N1CCCN(C)SC. The van der Waals surface area contributed by atoms with E-state index >= 15 is 0 Å². The van der Waals surface area contributed by atoms with Crippen LogP contribution in [0, 0.1) is 0 Å². The van der Waals surface area contributed by atoms with Gasteiger partial charge in [-0.3, -0.25) is 18.8 Å². The second kappa shape index (κ2) is 13.2. The molecule has 0 radical (unpaired) electrons. The van der Waals surface area contributed by atoms with Gasteiger partial charge in [0, 0.05) is 24.7 Å². The first-order valence-corrected chi connectivity index (χ1v) is 13.3. The van der Waals surface area contributed by atoms with E-state index in [0.717, 1.165) is 23.0 Å². The first-order chi connectivity index (χ1) is 15.7. The largest absolute Gasteiger partial charge is 0.365 e. The maximum Gasteiger partial charge on any atom is 0.264 e. The van der Waals surface area contributed by atoms with Crippen molar-refractivity contribution in [1.82, 2.24) is 13.8 Å². The second-order valence-electron chi connectivity index (χ2n) is 9.22. The van der Waals surface area contributed by atoms with Gasteiger partial charge in [-0.25, -0.2) is 0 Å². The molecule has 6 nitrogen and oxygen atoms in total. The lowest BCUT2D eigenvalue weighted by atomic mass is 9.94. The van der Waals surface area contributed by atoms with Crippen LogP contribution in [0.4, 0.5) is 0 Å². The Morgan fingerprint density at radius 1 is 1.27 bits per heavy atom. The number of amides is 1. The van der Waals surface area contributed by atoms with E-state index in [1.807, 2.05) is 50.1 Å². The van der Waals surface area contributed by atoms with Gasteiger partial charge >= 0.3 is 0 Å². The Hall–Kier alpha value is -1.83. The molecule has 2 unspecified atom stereocenters. The molecule has 1 saturated heterocycles. The van der Waals surface area contributed by atoms with E-state index in [-0.39, 0.29) is 17.2 Å². The van der Waals surface area contributed by atoms with Gasteiger partial charge in [-0.15, -0.1) is 0 Å². The molecule has 1 fully saturated rings. The topological polar surface area (TPSA) is 71.6 Å². The van der Waals surface area contributed by atoms with Crippen molar-refractivity contribution in [3.05, 3.63) is 46.2 Å². The molecule has 3 rings (SSSR count). The van der Waals surface area contributed by atoms with Crippen LogP contribution in [0.25, 0.3) is 10.9 Å². The Balaban J connectivity index is 0.000000234. The van der Waals surface area contributed by atoms with Crippen LogP contribution in [0.3, 0.4) is 0 Å². The zero-order chi connectivity index (χ0) is 24.5. The molecule has 0 bridgehead atoms. The molecule has 2 N–H and O–H groups in total. The summed E-state index contributed by atoms with van der Waals surface area (Å²) in [6.45, 7) is 11.0. The summed E-state index contributed by atoms with van der Waals surface area (Å²) >= 11 is 1.83. The summed E-state index contributed by atoms with van der Waals surface area (Å²) in [6, 6.07) is 10.6. The lowest BCUT2D eigenvalue weighted by Gasteiger charge is -2.40. The van der Waals surface area contributed by atoms with Gasteiger partial charge in [-0.2, -0.15) is 0 Å². The molecular weight excluding hydrogens is 432 g/mol. The maximum atomic E-state index is 12.1. The summed E-state index contributed by atoms with van der Waals surface area (Å²) in [5, 5.41) is 0.842. The minimum absolute atomic E-state index is 0.0216. The van der Waals surface area contributed by atoms with Gasteiger partial charge in [0.1, 0.15) is 5.56 Å². The predicted molar refractivity (Wildman–Crippen MR) is 142 cm³/mol. The smallest absolute Gasteiger partial charge is 0.264 e. The highest BCUT2D eigenvalue weighted by Gasteiger charge is 2.25. The predicted octanol–water partition coefficient (Wildman–Crippen LogP) is 4.92. The number of carbonyl (C=O) groups excluding carboxylic acids is 1. The van der Waals surface area contributed by atoms with Crippen LogP contribution in [0.5, 0.6) is 0 Å². The van der Waals surface area contributed by atoms with E-state index in [4.69, 9.17) is 5.73 Å². The van der Waals surface area contributed by atoms with Crippen molar-refractivity contribution in [3.63, 3.8) is 0 Å². The molecule has 1 aliphatic heterocycles. The second-order valence-corrected chi connectivity index (χ2v) is 10.2. The van der Waals surface area contributed by atoms with Gasteiger partial charge in [0.05, 0.1) is 5.52 Å². The number of benzene rings is 1. The van der Waals surface area contributed by atoms with E-state index in [1.165, 1.54) is 45.2 Å². The Morgan fingerprint density at radius 2 is 1.97 bits per heavy atom. The quantitative estimate of drug-likeness (QED) is 0.550. The van der Waals surface area contributed by atoms with E-state index in [9.17, 15) is 9.59 Å². The molecule has 7 heteroatoms. The molecule has 2 atom stereocenters. The lowest BCUT2D eigenvalue weighted by Crippen LogP contribution is -2.45. The highest BCUT2D eigenvalue weighted by atomic mass is 32.2. The van der Waals surface area contributed by atoms with Gasteiger partial charge in [0.2, 0.25) is 0 Å². The summed E-state index contributed by atoms with van der Waals surface area (Å²) in [7, 11) is 2.18. The Kier molecular flexibility index (Phi) is 10.9. The average Bonchev–Trinajstić information content (AvgIpc) is 2.79. The number of likely N-dealkylation sites (tertiary alicyclic amines) is 1. The Bertz CT molecular complexity index is 959. The summed E-state index contributed by atoms with van der Waals surface area (Å²) in [6.07, 6.45) is 9.02. The van der Waals surface area contributed by atoms with Crippen molar-refractivity contribution in [2.24, 2.45) is 5.73 Å². The summed E-state index contributed by atoms with van der Waals surface area (Å²) in [5.41, 5.74) is 5.75. The van der Waals surface area contributed by atoms with E-state index < -0.39 is 5.91 Å². The van der Waals surface area contributed by atoms with Crippen molar-refractivity contribution < 1.29 is 4.79 Å². The maximum absolute atomic E-state index is 12.1. The average molecular weight is 475 g/mol.